The molecule has 0 unspecified atom stereocenters. The van der Waals surface area contributed by atoms with Gasteiger partial charge in [0.05, 0.1) is 5.69 Å². The normalized spacial score (nSPS) is 17.4. The zero-order chi connectivity index (χ0) is 17.9. The number of rotatable bonds is 5. The first-order valence-corrected chi connectivity index (χ1v) is 9.85. The van der Waals surface area contributed by atoms with Crippen LogP contribution in [0.2, 0.25) is 0 Å². The lowest BCUT2D eigenvalue weighted by Gasteiger charge is -2.33. The topological polar surface area (TPSA) is 58.4 Å². The van der Waals surface area contributed by atoms with Crippen LogP contribution in [0.15, 0.2) is 47.5 Å². The van der Waals surface area contributed by atoms with E-state index >= 15 is 0 Å². The summed E-state index contributed by atoms with van der Waals surface area (Å²) in [4.78, 5) is 2.58. The minimum Gasteiger partial charge on any atom is -0.297 e. The van der Waals surface area contributed by atoms with Crippen LogP contribution in [-0.2, 0) is 17.1 Å². The van der Waals surface area contributed by atoms with Gasteiger partial charge in [-0.05, 0) is 12.5 Å². The fraction of sp³-hybridized carbons (Fsp3) is 0.389. The molecule has 3 rings (SSSR count). The van der Waals surface area contributed by atoms with Crippen LogP contribution in [0, 0.1) is 6.92 Å². The highest BCUT2D eigenvalue weighted by atomic mass is 32.2. The molecule has 1 aliphatic heterocycles. The van der Waals surface area contributed by atoms with Crippen molar-refractivity contribution in [2.45, 2.75) is 11.8 Å². The van der Waals surface area contributed by atoms with E-state index in [9.17, 15) is 8.42 Å². The van der Waals surface area contributed by atoms with Gasteiger partial charge in [0.2, 0.25) is 10.0 Å². The molecular weight excluding hydrogens is 336 g/mol. The lowest BCUT2D eigenvalue weighted by Crippen LogP contribution is -2.48. The second-order valence-corrected chi connectivity index (χ2v) is 8.18. The van der Waals surface area contributed by atoms with Gasteiger partial charge in [0.25, 0.3) is 0 Å². The molecule has 1 aromatic heterocycles. The van der Waals surface area contributed by atoms with Crippen LogP contribution in [0.25, 0.3) is 6.08 Å². The maximum Gasteiger partial charge on any atom is 0.246 e. The van der Waals surface area contributed by atoms with Gasteiger partial charge in [0, 0.05) is 46.0 Å². The Morgan fingerprint density at radius 2 is 1.80 bits per heavy atom. The number of benzene rings is 1. The van der Waals surface area contributed by atoms with E-state index in [1.807, 2.05) is 18.2 Å². The number of sulfonamides is 1. The predicted molar refractivity (Wildman–Crippen MR) is 98.6 cm³/mol. The van der Waals surface area contributed by atoms with Gasteiger partial charge in [-0.2, -0.15) is 9.40 Å². The number of aryl methyl sites for hydroxylation is 2. The second-order valence-electron chi connectivity index (χ2n) is 6.27. The Hall–Kier alpha value is -1.96. The highest BCUT2D eigenvalue weighted by Crippen LogP contribution is 2.20. The maximum absolute atomic E-state index is 12.8. The summed E-state index contributed by atoms with van der Waals surface area (Å²) in [6.45, 7) is 5.05. The van der Waals surface area contributed by atoms with E-state index in [1.54, 1.807) is 29.2 Å². The zero-order valence-corrected chi connectivity index (χ0v) is 15.5. The predicted octanol–water partition coefficient (Wildman–Crippen LogP) is 1.75. The van der Waals surface area contributed by atoms with Gasteiger partial charge in [-0.25, -0.2) is 8.42 Å². The minimum absolute atomic E-state index is 0.312. The smallest absolute Gasteiger partial charge is 0.246 e. The van der Waals surface area contributed by atoms with Gasteiger partial charge in [-0.15, -0.1) is 0 Å². The van der Waals surface area contributed by atoms with E-state index in [2.05, 4.69) is 34.3 Å². The van der Waals surface area contributed by atoms with Gasteiger partial charge in [-0.1, -0.05) is 42.5 Å². The van der Waals surface area contributed by atoms with Crippen molar-refractivity contribution in [3.63, 3.8) is 0 Å². The average Bonchev–Trinajstić information content (AvgIpc) is 2.95. The van der Waals surface area contributed by atoms with Gasteiger partial charge in [0.15, 0.2) is 0 Å². The summed E-state index contributed by atoms with van der Waals surface area (Å²) in [7, 11) is -1.71. The van der Waals surface area contributed by atoms with E-state index in [-0.39, 0.29) is 0 Å². The fourth-order valence-electron chi connectivity index (χ4n) is 3.02. The minimum atomic E-state index is -3.45. The molecule has 0 bridgehead atoms. The summed E-state index contributed by atoms with van der Waals surface area (Å²) in [5.74, 6) is 0. The molecule has 1 saturated heterocycles. The Kier molecular flexibility index (Phi) is 5.36. The van der Waals surface area contributed by atoms with Crippen LogP contribution in [0.5, 0.6) is 0 Å². The molecule has 0 N–H and O–H groups in total. The third-order valence-corrected chi connectivity index (χ3v) is 6.39. The van der Waals surface area contributed by atoms with E-state index in [1.165, 1.54) is 5.56 Å². The molecule has 25 heavy (non-hydrogen) atoms. The molecule has 0 amide bonds. The molecular formula is C18H24N4O2S. The molecule has 134 valence electrons. The van der Waals surface area contributed by atoms with Crippen LogP contribution in [-0.4, -0.2) is 60.1 Å². The summed E-state index contributed by atoms with van der Waals surface area (Å²) >= 11 is 0. The summed E-state index contributed by atoms with van der Waals surface area (Å²) in [5.41, 5.74) is 1.73. The van der Waals surface area contributed by atoms with E-state index < -0.39 is 10.0 Å². The largest absolute Gasteiger partial charge is 0.297 e. The molecule has 0 radical (unpaired) electrons. The van der Waals surface area contributed by atoms with E-state index in [0.29, 0.717) is 23.7 Å². The molecule has 0 saturated carbocycles. The maximum atomic E-state index is 12.8. The Morgan fingerprint density at radius 3 is 2.40 bits per heavy atom. The lowest BCUT2D eigenvalue weighted by molar-refractivity contribution is 0.204. The number of hydrogen-bond donors (Lipinski definition) is 0. The molecule has 0 spiro atoms. The Labute approximate surface area is 149 Å². The molecule has 1 aliphatic rings. The SMILES string of the molecule is Cc1nn(C)cc1S(=O)(=O)N1CCN(C/C=C/c2ccccc2)CC1. The van der Waals surface area contributed by atoms with Crippen molar-refractivity contribution < 1.29 is 8.42 Å². The van der Waals surface area contributed by atoms with Crippen molar-refractivity contribution in [3.05, 3.63) is 53.9 Å². The third-order valence-electron chi connectivity index (χ3n) is 4.39. The highest BCUT2D eigenvalue weighted by molar-refractivity contribution is 7.89. The molecule has 7 heteroatoms. The molecule has 1 fully saturated rings. The zero-order valence-electron chi connectivity index (χ0n) is 14.7. The summed E-state index contributed by atoms with van der Waals surface area (Å²) < 4.78 is 28.6. The van der Waals surface area contributed by atoms with E-state index in [4.69, 9.17) is 0 Å². The number of nitrogens with zero attached hydrogens (tertiary/aromatic N) is 4. The summed E-state index contributed by atoms with van der Waals surface area (Å²) in [6, 6.07) is 10.2. The fourth-order valence-corrected chi connectivity index (χ4v) is 4.65. The lowest BCUT2D eigenvalue weighted by atomic mass is 10.2. The first-order valence-electron chi connectivity index (χ1n) is 8.41. The first-order chi connectivity index (χ1) is 12.0. The Morgan fingerprint density at radius 1 is 1.12 bits per heavy atom. The van der Waals surface area contributed by atoms with E-state index in [0.717, 1.165) is 19.6 Å². The van der Waals surface area contributed by atoms with Gasteiger partial charge in [0.1, 0.15) is 4.90 Å². The second kappa shape index (κ2) is 7.51. The molecule has 0 aliphatic carbocycles. The Balaban J connectivity index is 1.56. The first kappa shape index (κ1) is 17.8. The van der Waals surface area contributed by atoms with Crippen LogP contribution < -0.4 is 0 Å². The molecule has 0 atom stereocenters. The van der Waals surface area contributed by atoms with Crippen molar-refractivity contribution in [1.82, 2.24) is 19.0 Å². The van der Waals surface area contributed by atoms with Crippen molar-refractivity contribution in [2.24, 2.45) is 7.05 Å². The van der Waals surface area contributed by atoms with Crippen molar-refractivity contribution in [1.29, 1.82) is 0 Å². The third kappa shape index (κ3) is 4.18. The standard InChI is InChI=1S/C18H24N4O2S/c1-16-18(15-20(2)19-16)25(23,24)22-13-11-21(12-14-22)10-6-9-17-7-4-3-5-8-17/h3-9,15H,10-14H2,1-2H3/b9-6+. The monoisotopic (exact) mass is 360 g/mol. The van der Waals surface area contributed by atoms with Crippen molar-refractivity contribution >= 4 is 16.1 Å². The molecule has 2 heterocycles. The highest BCUT2D eigenvalue weighted by Gasteiger charge is 2.30. The molecule has 1 aromatic carbocycles. The van der Waals surface area contributed by atoms with Crippen molar-refractivity contribution in [2.75, 3.05) is 32.7 Å². The van der Waals surface area contributed by atoms with Crippen LogP contribution >= 0.6 is 0 Å². The number of aromatic nitrogens is 2. The van der Waals surface area contributed by atoms with Gasteiger partial charge < -0.3 is 0 Å². The van der Waals surface area contributed by atoms with Crippen molar-refractivity contribution in [3.8, 4) is 0 Å². The average molecular weight is 360 g/mol. The summed E-state index contributed by atoms with van der Waals surface area (Å²) in [6.07, 6.45) is 5.81. The molecule has 2 aromatic rings. The van der Waals surface area contributed by atoms with Crippen LogP contribution in [0.1, 0.15) is 11.3 Å². The molecule has 6 nitrogen and oxygen atoms in total. The van der Waals surface area contributed by atoms with Crippen LogP contribution in [0.3, 0.4) is 0 Å². The quantitative estimate of drug-likeness (QED) is 0.815. The van der Waals surface area contributed by atoms with Gasteiger partial charge in [-0.3, -0.25) is 9.58 Å². The number of hydrogen-bond acceptors (Lipinski definition) is 4. The summed E-state index contributed by atoms with van der Waals surface area (Å²) in [5, 5.41) is 4.15. The number of piperazine rings is 1. The Bertz CT molecular complexity index is 835. The van der Waals surface area contributed by atoms with Gasteiger partial charge >= 0.3 is 0 Å². The van der Waals surface area contributed by atoms with Crippen LogP contribution in [0.4, 0.5) is 0 Å².